The first-order valence-electron chi connectivity index (χ1n) is 7.77. The molecule has 0 atom stereocenters. The van der Waals surface area contributed by atoms with E-state index in [4.69, 9.17) is 5.11 Å². The number of rotatable bonds is 4. The number of pyridine rings is 1. The van der Waals surface area contributed by atoms with Gasteiger partial charge in [-0.3, -0.25) is 9.59 Å². The number of halogens is 4. The third-order valence-corrected chi connectivity index (χ3v) is 3.94. The first kappa shape index (κ1) is 19.3. The highest BCUT2D eigenvalue weighted by Gasteiger charge is 2.34. The average Bonchev–Trinajstić information content (AvgIpc) is 3.07. The van der Waals surface area contributed by atoms with Crippen molar-refractivity contribution in [1.82, 2.24) is 14.6 Å². The molecular weight excluding hydrogens is 386 g/mol. The average molecular weight is 397 g/mol. The van der Waals surface area contributed by atoms with E-state index in [1.165, 1.54) is 0 Å². The Morgan fingerprint density at radius 2 is 1.86 bits per heavy atom. The second-order valence-electron chi connectivity index (χ2n) is 5.80. The molecule has 146 valence electrons. The number of hydrogen-bond donors (Lipinski definition) is 2. The Morgan fingerprint density at radius 1 is 1.14 bits per heavy atom. The summed E-state index contributed by atoms with van der Waals surface area (Å²) in [6, 6.07) is 3.16. The SMILES string of the molecule is O=C(O)CCC(O)=c1c(=O)cc(-c2ccc(F)c(C(F)(F)F)c2)c2ncnn12. The fourth-order valence-electron chi connectivity index (χ4n) is 2.69. The van der Waals surface area contributed by atoms with Crippen LogP contribution in [0.1, 0.15) is 18.4 Å². The zero-order chi connectivity index (χ0) is 20.6. The standard InChI is InChI=1S/C17H11F4N3O4/c18-11-2-1-8(5-10(11)17(19,20)21)9-6-13(26)15(12(25)3-4-14(27)28)24-16(9)22-7-23-24/h1-2,5-7,25H,3-4H2,(H,27,28). The number of alkyl halides is 3. The van der Waals surface area contributed by atoms with Gasteiger partial charge in [-0.05, 0) is 23.8 Å². The summed E-state index contributed by atoms with van der Waals surface area (Å²) in [7, 11) is 0. The predicted molar refractivity (Wildman–Crippen MR) is 87.8 cm³/mol. The van der Waals surface area contributed by atoms with Crippen LogP contribution in [-0.2, 0) is 11.0 Å². The Bertz CT molecular complexity index is 1190. The van der Waals surface area contributed by atoms with Gasteiger partial charge >= 0.3 is 12.1 Å². The number of fused-ring (bicyclic) bond motifs is 1. The second kappa shape index (κ2) is 6.91. The van der Waals surface area contributed by atoms with Crippen LogP contribution in [0.25, 0.3) is 22.5 Å². The minimum atomic E-state index is -4.94. The quantitative estimate of drug-likeness (QED) is 0.654. The smallest absolute Gasteiger partial charge is 0.419 e. The van der Waals surface area contributed by atoms with Gasteiger partial charge in [0, 0.05) is 12.0 Å². The molecule has 0 saturated carbocycles. The number of aromatic nitrogens is 3. The Hall–Kier alpha value is -3.50. The molecule has 2 heterocycles. The van der Waals surface area contributed by atoms with Gasteiger partial charge in [0.2, 0.25) is 5.43 Å². The van der Waals surface area contributed by atoms with E-state index in [0.29, 0.717) is 12.1 Å². The zero-order valence-electron chi connectivity index (χ0n) is 13.9. The normalized spacial score (nSPS) is 13.0. The highest BCUT2D eigenvalue weighted by molar-refractivity contribution is 5.77. The predicted octanol–water partition coefficient (Wildman–Crippen LogP) is 2.16. The number of carbonyl (C=O) groups is 1. The molecule has 0 fully saturated rings. The Balaban J connectivity index is 2.26. The lowest BCUT2D eigenvalue weighted by Crippen LogP contribution is -2.34. The van der Waals surface area contributed by atoms with E-state index < -0.39 is 41.1 Å². The molecular formula is C17H11F4N3O4. The van der Waals surface area contributed by atoms with E-state index in [-0.39, 0.29) is 28.5 Å². The van der Waals surface area contributed by atoms with E-state index in [1.54, 1.807) is 0 Å². The first-order chi connectivity index (χ1) is 13.1. The number of nitrogens with zero attached hydrogens (tertiary/aromatic N) is 3. The van der Waals surface area contributed by atoms with Gasteiger partial charge in [0.1, 0.15) is 17.9 Å². The topological polar surface area (TPSA) is 105 Å². The summed E-state index contributed by atoms with van der Waals surface area (Å²) in [4.78, 5) is 27.0. The molecule has 3 rings (SSSR count). The molecule has 0 aliphatic rings. The van der Waals surface area contributed by atoms with E-state index in [2.05, 4.69) is 10.1 Å². The van der Waals surface area contributed by atoms with E-state index >= 15 is 0 Å². The maximum absolute atomic E-state index is 13.5. The largest absolute Gasteiger partial charge is 0.510 e. The summed E-state index contributed by atoms with van der Waals surface area (Å²) in [5.74, 6) is -3.21. The maximum Gasteiger partial charge on any atom is 0.419 e. The highest BCUT2D eigenvalue weighted by atomic mass is 19.4. The van der Waals surface area contributed by atoms with Gasteiger partial charge < -0.3 is 10.2 Å². The van der Waals surface area contributed by atoms with Crippen LogP contribution in [0.4, 0.5) is 17.6 Å². The number of hydrogen-bond acceptors (Lipinski definition) is 5. The van der Waals surface area contributed by atoms with Crippen molar-refractivity contribution in [3.05, 3.63) is 57.5 Å². The number of aliphatic carboxylic acids is 1. The van der Waals surface area contributed by atoms with E-state index in [1.807, 2.05) is 0 Å². The lowest BCUT2D eigenvalue weighted by Gasteiger charge is -2.11. The molecule has 0 saturated heterocycles. The Kier molecular flexibility index (Phi) is 4.75. The van der Waals surface area contributed by atoms with E-state index in [0.717, 1.165) is 23.0 Å². The van der Waals surface area contributed by atoms with Crippen LogP contribution in [0.5, 0.6) is 0 Å². The molecule has 2 N–H and O–H groups in total. The van der Waals surface area contributed by atoms with Crippen LogP contribution < -0.4 is 10.8 Å². The number of carboxylic acid groups (broad SMARTS) is 1. The molecule has 2 aromatic heterocycles. The van der Waals surface area contributed by atoms with Crippen LogP contribution in [0.15, 0.2) is 35.4 Å². The van der Waals surface area contributed by atoms with E-state index in [9.17, 15) is 32.3 Å². The monoisotopic (exact) mass is 397 g/mol. The zero-order valence-corrected chi connectivity index (χ0v) is 13.9. The molecule has 0 amide bonds. The van der Waals surface area contributed by atoms with Gasteiger partial charge in [0.05, 0.1) is 12.0 Å². The molecule has 0 radical (unpaired) electrons. The fraction of sp³-hybridized carbons (Fsp3) is 0.176. The lowest BCUT2D eigenvalue weighted by atomic mass is 10.0. The van der Waals surface area contributed by atoms with Crippen molar-refractivity contribution < 1.29 is 32.6 Å². The Labute approximate surface area is 153 Å². The molecule has 1 aromatic carbocycles. The summed E-state index contributed by atoms with van der Waals surface area (Å²) < 4.78 is 53.4. The molecule has 7 nitrogen and oxygen atoms in total. The molecule has 28 heavy (non-hydrogen) atoms. The van der Waals surface area contributed by atoms with Crippen LogP contribution in [0.3, 0.4) is 0 Å². The van der Waals surface area contributed by atoms with Gasteiger partial charge in [0.15, 0.2) is 11.0 Å². The van der Waals surface area contributed by atoms with Crippen molar-refractivity contribution in [3.8, 4) is 11.1 Å². The molecule has 0 unspecified atom stereocenters. The third-order valence-electron chi connectivity index (χ3n) is 3.94. The molecule has 0 aliphatic heterocycles. The minimum absolute atomic E-state index is 0.0530. The van der Waals surface area contributed by atoms with Crippen LogP contribution in [0, 0.1) is 5.82 Å². The van der Waals surface area contributed by atoms with Crippen LogP contribution >= 0.6 is 0 Å². The summed E-state index contributed by atoms with van der Waals surface area (Å²) in [5, 5.41) is 22.2. The van der Waals surface area contributed by atoms with Crippen molar-refractivity contribution in [3.63, 3.8) is 0 Å². The number of benzene rings is 1. The Morgan fingerprint density at radius 3 is 2.50 bits per heavy atom. The molecule has 3 aromatic rings. The third kappa shape index (κ3) is 3.50. The van der Waals surface area contributed by atoms with Crippen LogP contribution in [0.2, 0.25) is 0 Å². The molecule has 0 spiro atoms. The van der Waals surface area contributed by atoms with Crippen molar-refractivity contribution in [2.75, 3.05) is 0 Å². The lowest BCUT2D eigenvalue weighted by molar-refractivity contribution is -0.140. The minimum Gasteiger partial charge on any atom is -0.510 e. The highest BCUT2D eigenvalue weighted by Crippen LogP contribution is 2.34. The fourth-order valence-corrected chi connectivity index (χ4v) is 2.69. The molecule has 0 aliphatic carbocycles. The van der Waals surface area contributed by atoms with Crippen molar-refractivity contribution in [2.45, 2.75) is 19.0 Å². The summed E-state index contributed by atoms with van der Waals surface area (Å²) in [6.45, 7) is 0. The second-order valence-corrected chi connectivity index (χ2v) is 5.80. The van der Waals surface area contributed by atoms with Gasteiger partial charge in [-0.15, -0.1) is 0 Å². The number of carboxylic acids is 1. The van der Waals surface area contributed by atoms with Crippen molar-refractivity contribution >= 4 is 17.4 Å². The van der Waals surface area contributed by atoms with Crippen molar-refractivity contribution in [1.29, 1.82) is 0 Å². The number of aliphatic hydroxyl groups excluding tert-OH is 1. The van der Waals surface area contributed by atoms with Crippen molar-refractivity contribution in [2.24, 2.45) is 0 Å². The van der Waals surface area contributed by atoms with Gasteiger partial charge in [-0.1, -0.05) is 6.07 Å². The maximum atomic E-state index is 13.5. The van der Waals surface area contributed by atoms with Gasteiger partial charge in [-0.2, -0.15) is 18.3 Å². The summed E-state index contributed by atoms with van der Waals surface area (Å²) >= 11 is 0. The molecule has 11 heteroatoms. The summed E-state index contributed by atoms with van der Waals surface area (Å²) in [5.41, 5.74) is -2.55. The summed E-state index contributed by atoms with van der Waals surface area (Å²) in [6.07, 6.45) is -4.72. The molecule has 0 bridgehead atoms. The van der Waals surface area contributed by atoms with Gasteiger partial charge in [0.25, 0.3) is 0 Å². The first-order valence-corrected chi connectivity index (χ1v) is 7.77. The van der Waals surface area contributed by atoms with Gasteiger partial charge in [-0.25, -0.2) is 13.9 Å². The number of aliphatic hydroxyl groups is 1. The van der Waals surface area contributed by atoms with Crippen LogP contribution in [-0.4, -0.2) is 30.8 Å².